The molecule has 0 saturated carbocycles. The molecule has 6 nitrogen and oxygen atoms in total. The third-order valence-electron chi connectivity index (χ3n) is 3.80. The topological polar surface area (TPSA) is 84.9 Å². The minimum absolute atomic E-state index is 0.194. The van der Waals surface area contributed by atoms with Gasteiger partial charge in [-0.2, -0.15) is 0 Å². The van der Waals surface area contributed by atoms with Crippen LogP contribution >= 0.6 is 0 Å². The maximum Gasteiger partial charge on any atom is 0.326 e. The Balaban J connectivity index is 1.92. The van der Waals surface area contributed by atoms with Gasteiger partial charge in [0.25, 0.3) is 0 Å². The highest BCUT2D eigenvalue weighted by Crippen LogP contribution is 2.19. The molecule has 0 heterocycles. The van der Waals surface area contributed by atoms with E-state index < -0.39 is 17.9 Å². The van der Waals surface area contributed by atoms with E-state index in [1.165, 1.54) is 7.11 Å². The number of methoxy groups -OCH3 is 1. The van der Waals surface area contributed by atoms with Crippen molar-refractivity contribution in [2.75, 3.05) is 26.9 Å². The first-order chi connectivity index (χ1) is 12.6. The lowest BCUT2D eigenvalue weighted by molar-refractivity contribution is -0.142. The summed E-state index contributed by atoms with van der Waals surface area (Å²) in [5, 5.41) is 11.8. The van der Waals surface area contributed by atoms with Crippen molar-refractivity contribution in [1.29, 1.82) is 0 Å². The quantitative estimate of drug-likeness (QED) is 0.636. The molecular formula is C20H23NO5. The zero-order chi connectivity index (χ0) is 18.8. The Bertz CT molecular complexity index is 700. The fourth-order valence-corrected chi connectivity index (χ4v) is 2.44. The Morgan fingerprint density at radius 1 is 1.00 bits per heavy atom. The number of carboxylic acids is 1. The first-order valence-corrected chi connectivity index (χ1v) is 8.33. The molecule has 1 atom stereocenters. The van der Waals surface area contributed by atoms with Crippen LogP contribution < -0.4 is 5.32 Å². The molecule has 0 aromatic heterocycles. The lowest BCUT2D eigenvalue weighted by atomic mass is 10.0. The van der Waals surface area contributed by atoms with Crippen LogP contribution in [0.2, 0.25) is 0 Å². The van der Waals surface area contributed by atoms with Crippen molar-refractivity contribution in [1.82, 2.24) is 5.32 Å². The van der Waals surface area contributed by atoms with Gasteiger partial charge in [0.1, 0.15) is 12.6 Å². The number of amides is 1. The monoisotopic (exact) mass is 357 g/mol. The van der Waals surface area contributed by atoms with E-state index in [1.807, 2.05) is 54.6 Å². The number of carbonyl (C=O) groups excluding carboxylic acids is 1. The number of carboxylic acid groups (broad SMARTS) is 1. The molecular weight excluding hydrogens is 334 g/mol. The number of nitrogens with one attached hydrogen (secondary N) is 1. The number of carbonyl (C=O) groups is 2. The number of rotatable bonds is 10. The number of hydrogen-bond donors (Lipinski definition) is 2. The van der Waals surface area contributed by atoms with E-state index >= 15 is 0 Å². The standard InChI is InChI=1S/C20H23NO5/c1-25-11-12-26-14-19(22)21-18(20(23)24)13-15-7-9-17(10-8-15)16-5-3-2-4-6-16/h2-10,18H,11-14H2,1H3,(H,21,22)(H,23,24)/t18-/m1/s1. The molecule has 26 heavy (non-hydrogen) atoms. The number of hydrogen-bond acceptors (Lipinski definition) is 4. The van der Waals surface area contributed by atoms with Crippen LogP contribution in [0.4, 0.5) is 0 Å². The summed E-state index contributed by atoms with van der Waals surface area (Å²) in [5.41, 5.74) is 2.98. The molecule has 0 bridgehead atoms. The zero-order valence-corrected chi connectivity index (χ0v) is 14.7. The summed E-state index contributed by atoms with van der Waals surface area (Å²) in [4.78, 5) is 23.2. The average Bonchev–Trinajstić information content (AvgIpc) is 2.66. The molecule has 2 aromatic rings. The van der Waals surface area contributed by atoms with Gasteiger partial charge in [-0.3, -0.25) is 4.79 Å². The Kier molecular flexibility index (Phi) is 7.79. The average molecular weight is 357 g/mol. The van der Waals surface area contributed by atoms with Crippen LogP contribution in [0.3, 0.4) is 0 Å². The van der Waals surface area contributed by atoms with Gasteiger partial charge in [-0.15, -0.1) is 0 Å². The van der Waals surface area contributed by atoms with E-state index in [9.17, 15) is 14.7 Å². The maximum absolute atomic E-state index is 11.8. The number of ether oxygens (including phenoxy) is 2. The number of aliphatic carboxylic acids is 1. The fraction of sp³-hybridized carbons (Fsp3) is 0.300. The second-order valence-corrected chi connectivity index (χ2v) is 5.77. The molecule has 2 rings (SSSR count). The van der Waals surface area contributed by atoms with E-state index in [4.69, 9.17) is 9.47 Å². The number of benzene rings is 2. The summed E-state index contributed by atoms with van der Waals surface area (Å²) in [7, 11) is 1.53. The third-order valence-corrected chi connectivity index (χ3v) is 3.80. The third kappa shape index (κ3) is 6.31. The fourth-order valence-electron chi connectivity index (χ4n) is 2.44. The van der Waals surface area contributed by atoms with E-state index in [0.717, 1.165) is 16.7 Å². The molecule has 0 aliphatic heterocycles. The molecule has 1 amide bonds. The van der Waals surface area contributed by atoms with Gasteiger partial charge in [0, 0.05) is 13.5 Å². The van der Waals surface area contributed by atoms with Crippen molar-refractivity contribution in [2.45, 2.75) is 12.5 Å². The Labute approximate surface area is 152 Å². The minimum Gasteiger partial charge on any atom is -0.480 e. The van der Waals surface area contributed by atoms with Crippen LogP contribution in [0.5, 0.6) is 0 Å². The van der Waals surface area contributed by atoms with E-state index in [0.29, 0.717) is 6.61 Å². The lowest BCUT2D eigenvalue weighted by Gasteiger charge is -2.15. The minimum atomic E-state index is -1.08. The first-order valence-electron chi connectivity index (χ1n) is 8.33. The van der Waals surface area contributed by atoms with Crippen molar-refractivity contribution in [2.24, 2.45) is 0 Å². The molecule has 6 heteroatoms. The Morgan fingerprint density at radius 2 is 1.65 bits per heavy atom. The molecule has 0 fully saturated rings. The van der Waals surface area contributed by atoms with Crippen LogP contribution in [-0.2, 0) is 25.5 Å². The van der Waals surface area contributed by atoms with Gasteiger partial charge in [0.2, 0.25) is 5.91 Å². The molecule has 2 aromatic carbocycles. The molecule has 0 spiro atoms. The predicted octanol–water partition coefficient (Wildman–Crippen LogP) is 2.13. The van der Waals surface area contributed by atoms with Crippen LogP contribution in [-0.4, -0.2) is 50.0 Å². The molecule has 138 valence electrons. The van der Waals surface area contributed by atoms with Gasteiger partial charge in [0.15, 0.2) is 0 Å². The van der Waals surface area contributed by atoms with E-state index in [1.54, 1.807) is 0 Å². The zero-order valence-electron chi connectivity index (χ0n) is 14.7. The molecule has 0 radical (unpaired) electrons. The normalized spacial score (nSPS) is 11.7. The van der Waals surface area contributed by atoms with Gasteiger partial charge < -0.3 is 19.9 Å². The molecule has 0 aliphatic rings. The predicted molar refractivity (Wildman–Crippen MR) is 97.8 cm³/mol. The van der Waals surface area contributed by atoms with Crippen LogP contribution in [0.25, 0.3) is 11.1 Å². The van der Waals surface area contributed by atoms with Gasteiger partial charge in [-0.25, -0.2) is 4.79 Å². The Hall–Kier alpha value is -2.70. The van der Waals surface area contributed by atoms with Crippen molar-refractivity contribution in [3.63, 3.8) is 0 Å². The lowest BCUT2D eigenvalue weighted by Crippen LogP contribution is -2.44. The van der Waals surface area contributed by atoms with Crippen LogP contribution in [0, 0.1) is 0 Å². The summed E-state index contributed by atoms with van der Waals surface area (Å²) in [6, 6.07) is 16.5. The molecule has 0 saturated heterocycles. The van der Waals surface area contributed by atoms with Crippen molar-refractivity contribution >= 4 is 11.9 Å². The highest BCUT2D eigenvalue weighted by Gasteiger charge is 2.20. The summed E-state index contributed by atoms with van der Waals surface area (Å²) in [6.07, 6.45) is 0.203. The summed E-state index contributed by atoms with van der Waals surface area (Å²) in [5.74, 6) is -1.54. The van der Waals surface area contributed by atoms with Crippen molar-refractivity contribution in [3.8, 4) is 11.1 Å². The highest BCUT2D eigenvalue weighted by molar-refractivity contribution is 5.84. The van der Waals surface area contributed by atoms with E-state index in [-0.39, 0.29) is 19.6 Å². The van der Waals surface area contributed by atoms with Crippen LogP contribution in [0.15, 0.2) is 54.6 Å². The first kappa shape index (κ1) is 19.6. The van der Waals surface area contributed by atoms with Crippen LogP contribution in [0.1, 0.15) is 5.56 Å². The second-order valence-electron chi connectivity index (χ2n) is 5.77. The largest absolute Gasteiger partial charge is 0.480 e. The smallest absolute Gasteiger partial charge is 0.326 e. The van der Waals surface area contributed by atoms with Gasteiger partial charge in [-0.1, -0.05) is 54.6 Å². The van der Waals surface area contributed by atoms with Gasteiger partial charge in [-0.05, 0) is 16.7 Å². The molecule has 0 aliphatic carbocycles. The van der Waals surface area contributed by atoms with Gasteiger partial charge in [0.05, 0.1) is 13.2 Å². The van der Waals surface area contributed by atoms with Crippen molar-refractivity contribution in [3.05, 3.63) is 60.2 Å². The summed E-state index contributed by atoms with van der Waals surface area (Å²) in [6.45, 7) is 0.464. The maximum atomic E-state index is 11.8. The second kappa shape index (κ2) is 10.3. The Morgan fingerprint density at radius 3 is 2.27 bits per heavy atom. The molecule has 0 unspecified atom stereocenters. The summed E-state index contributed by atoms with van der Waals surface area (Å²) < 4.78 is 9.91. The van der Waals surface area contributed by atoms with E-state index in [2.05, 4.69) is 5.32 Å². The van der Waals surface area contributed by atoms with Crippen molar-refractivity contribution < 1.29 is 24.2 Å². The molecule has 2 N–H and O–H groups in total. The summed E-state index contributed by atoms with van der Waals surface area (Å²) >= 11 is 0. The van der Waals surface area contributed by atoms with Gasteiger partial charge >= 0.3 is 5.97 Å². The highest BCUT2D eigenvalue weighted by atomic mass is 16.5. The SMILES string of the molecule is COCCOCC(=O)N[C@H](Cc1ccc(-c2ccccc2)cc1)C(=O)O.